The van der Waals surface area contributed by atoms with Crippen LogP contribution in [0.2, 0.25) is 0 Å². The van der Waals surface area contributed by atoms with Gasteiger partial charge in [-0.15, -0.1) is 0 Å². The molecule has 0 rings (SSSR count). The van der Waals surface area contributed by atoms with Gasteiger partial charge in [-0.05, 0) is 18.3 Å². The van der Waals surface area contributed by atoms with Crippen LogP contribution in [0.1, 0.15) is 33.6 Å². The molecule has 0 N–H and O–H groups in total. The molecule has 0 aliphatic rings. The fourth-order valence-corrected chi connectivity index (χ4v) is 0.641. The SMILES string of the molecule is CC(C)(C)CCOCCC[O]. The summed E-state index contributed by atoms with van der Waals surface area (Å²) in [5, 5.41) is 10.0. The minimum atomic E-state index is -0.0183. The fraction of sp³-hybridized carbons (Fsp3) is 1.00. The van der Waals surface area contributed by atoms with Crippen molar-refractivity contribution in [3.63, 3.8) is 0 Å². The molecule has 0 aliphatic heterocycles. The molecule has 0 spiro atoms. The summed E-state index contributed by atoms with van der Waals surface area (Å²) in [5.41, 5.74) is 0.345. The Morgan fingerprint density at radius 2 is 1.82 bits per heavy atom. The lowest BCUT2D eigenvalue weighted by atomic mass is 9.93. The third-order valence-electron chi connectivity index (χ3n) is 1.43. The zero-order chi connectivity index (χ0) is 8.74. The molecular formula is C9H19O2. The number of hydrogen-bond acceptors (Lipinski definition) is 1. The van der Waals surface area contributed by atoms with Crippen LogP contribution in [0.25, 0.3) is 0 Å². The summed E-state index contributed by atoms with van der Waals surface area (Å²) in [6.07, 6.45) is 1.70. The summed E-state index contributed by atoms with van der Waals surface area (Å²) in [7, 11) is 0. The molecule has 0 aliphatic carbocycles. The standard InChI is InChI=1S/C9H19O2/c1-9(2,3)5-8-11-7-4-6-10/h4-8H2,1-3H3. The molecule has 0 bridgehead atoms. The highest BCUT2D eigenvalue weighted by molar-refractivity contribution is 4.59. The molecule has 0 aromatic rings. The van der Waals surface area contributed by atoms with Gasteiger partial charge in [0, 0.05) is 13.2 Å². The van der Waals surface area contributed by atoms with Crippen LogP contribution in [0.4, 0.5) is 0 Å². The minimum absolute atomic E-state index is 0.0183. The first kappa shape index (κ1) is 10.9. The van der Waals surface area contributed by atoms with Gasteiger partial charge in [-0.25, -0.2) is 5.11 Å². The Morgan fingerprint density at radius 1 is 1.18 bits per heavy atom. The quantitative estimate of drug-likeness (QED) is 0.566. The molecule has 0 heterocycles. The van der Waals surface area contributed by atoms with Crippen molar-refractivity contribution in [1.82, 2.24) is 0 Å². The van der Waals surface area contributed by atoms with Gasteiger partial charge >= 0.3 is 0 Å². The Morgan fingerprint density at radius 3 is 2.27 bits per heavy atom. The molecule has 1 radical (unpaired) electrons. The molecule has 0 fully saturated rings. The van der Waals surface area contributed by atoms with Gasteiger partial charge in [-0.3, -0.25) is 0 Å². The second kappa shape index (κ2) is 5.56. The topological polar surface area (TPSA) is 29.1 Å². The smallest absolute Gasteiger partial charge is 0.0844 e. The first-order chi connectivity index (χ1) is 5.06. The average molecular weight is 159 g/mol. The summed E-state index contributed by atoms with van der Waals surface area (Å²) >= 11 is 0. The Balaban J connectivity index is 3.02. The molecule has 11 heavy (non-hydrogen) atoms. The Hall–Kier alpha value is -0.0800. The Bertz CT molecular complexity index is 84.1. The lowest BCUT2D eigenvalue weighted by molar-refractivity contribution is 0.0831. The monoisotopic (exact) mass is 159 g/mol. The van der Waals surface area contributed by atoms with Gasteiger partial charge in [0.1, 0.15) is 0 Å². The molecule has 0 aromatic carbocycles. The van der Waals surface area contributed by atoms with E-state index in [1.807, 2.05) is 0 Å². The van der Waals surface area contributed by atoms with Gasteiger partial charge in [0.05, 0.1) is 6.61 Å². The van der Waals surface area contributed by atoms with Crippen molar-refractivity contribution in [1.29, 1.82) is 0 Å². The molecule has 2 heteroatoms. The molecule has 0 unspecified atom stereocenters. The first-order valence-electron chi connectivity index (χ1n) is 4.22. The zero-order valence-electron chi connectivity index (χ0n) is 7.85. The van der Waals surface area contributed by atoms with Crippen LogP contribution < -0.4 is 0 Å². The highest BCUT2D eigenvalue weighted by Gasteiger charge is 2.08. The van der Waals surface area contributed by atoms with Gasteiger partial charge in [0.25, 0.3) is 0 Å². The summed E-state index contributed by atoms with van der Waals surface area (Å²) < 4.78 is 5.25. The van der Waals surface area contributed by atoms with Crippen molar-refractivity contribution in [2.24, 2.45) is 5.41 Å². The highest BCUT2D eigenvalue weighted by atomic mass is 16.5. The van der Waals surface area contributed by atoms with Gasteiger partial charge < -0.3 is 4.74 Å². The second-order valence-corrected chi connectivity index (χ2v) is 3.98. The average Bonchev–Trinajstić information content (AvgIpc) is 1.85. The normalized spacial score (nSPS) is 12.0. The first-order valence-corrected chi connectivity index (χ1v) is 4.22. The minimum Gasteiger partial charge on any atom is -0.381 e. The van der Waals surface area contributed by atoms with E-state index in [-0.39, 0.29) is 6.61 Å². The Labute approximate surface area is 69.6 Å². The molecular weight excluding hydrogens is 140 g/mol. The summed E-state index contributed by atoms with van der Waals surface area (Å²) in [6.45, 7) is 7.94. The van der Waals surface area contributed by atoms with Gasteiger partial charge in [0.15, 0.2) is 0 Å². The van der Waals surface area contributed by atoms with Crippen LogP contribution in [0.3, 0.4) is 0 Å². The fourth-order valence-electron chi connectivity index (χ4n) is 0.641. The van der Waals surface area contributed by atoms with E-state index in [2.05, 4.69) is 20.8 Å². The van der Waals surface area contributed by atoms with Crippen molar-refractivity contribution in [2.75, 3.05) is 19.8 Å². The molecule has 67 valence electrons. The van der Waals surface area contributed by atoms with Gasteiger partial charge in [-0.1, -0.05) is 20.8 Å². The predicted octanol–water partition coefficient (Wildman–Crippen LogP) is 2.26. The predicted molar refractivity (Wildman–Crippen MR) is 45.1 cm³/mol. The summed E-state index contributed by atoms with van der Waals surface area (Å²) in [6, 6.07) is 0. The van der Waals surface area contributed by atoms with Crippen LogP contribution in [-0.2, 0) is 9.84 Å². The lowest BCUT2D eigenvalue weighted by Crippen LogP contribution is -2.10. The maximum Gasteiger partial charge on any atom is 0.0844 e. The number of ether oxygens (including phenoxy) is 1. The molecule has 0 saturated carbocycles. The molecule has 0 atom stereocenters. The van der Waals surface area contributed by atoms with Crippen LogP contribution in [-0.4, -0.2) is 19.8 Å². The zero-order valence-corrected chi connectivity index (χ0v) is 7.85. The van der Waals surface area contributed by atoms with E-state index in [1.54, 1.807) is 0 Å². The van der Waals surface area contributed by atoms with Crippen molar-refractivity contribution < 1.29 is 9.84 Å². The maximum atomic E-state index is 10.0. The van der Waals surface area contributed by atoms with Crippen LogP contribution in [0.15, 0.2) is 0 Å². The van der Waals surface area contributed by atoms with Crippen LogP contribution in [0.5, 0.6) is 0 Å². The van der Waals surface area contributed by atoms with Crippen molar-refractivity contribution in [2.45, 2.75) is 33.6 Å². The largest absolute Gasteiger partial charge is 0.381 e. The van der Waals surface area contributed by atoms with E-state index in [1.165, 1.54) is 0 Å². The number of hydrogen-bond donors (Lipinski definition) is 0. The molecule has 0 aromatic heterocycles. The van der Waals surface area contributed by atoms with E-state index >= 15 is 0 Å². The van der Waals surface area contributed by atoms with Crippen LogP contribution in [0, 0.1) is 5.41 Å². The van der Waals surface area contributed by atoms with Crippen molar-refractivity contribution in [3.05, 3.63) is 0 Å². The lowest BCUT2D eigenvalue weighted by Gasteiger charge is -2.17. The summed E-state index contributed by atoms with van der Waals surface area (Å²) in [4.78, 5) is 0. The second-order valence-electron chi connectivity index (χ2n) is 3.98. The van der Waals surface area contributed by atoms with Gasteiger partial charge in [-0.2, -0.15) is 0 Å². The van der Waals surface area contributed by atoms with Gasteiger partial charge in [0.2, 0.25) is 0 Å². The van der Waals surface area contributed by atoms with E-state index in [0.29, 0.717) is 18.4 Å². The molecule has 0 saturated heterocycles. The summed E-state index contributed by atoms with van der Waals surface area (Å²) in [5.74, 6) is 0. The highest BCUT2D eigenvalue weighted by Crippen LogP contribution is 2.17. The molecule has 2 nitrogen and oxygen atoms in total. The van der Waals surface area contributed by atoms with E-state index in [4.69, 9.17) is 4.74 Å². The molecule has 0 amide bonds. The van der Waals surface area contributed by atoms with E-state index < -0.39 is 0 Å². The number of rotatable bonds is 5. The van der Waals surface area contributed by atoms with Crippen LogP contribution >= 0.6 is 0 Å². The third kappa shape index (κ3) is 9.92. The maximum absolute atomic E-state index is 10.0. The van der Waals surface area contributed by atoms with E-state index in [0.717, 1.165) is 13.0 Å². The Kier molecular flexibility index (Phi) is 5.51. The third-order valence-corrected chi connectivity index (χ3v) is 1.43. The van der Waals surface area contributed by atoms with E-state index in [9.17, 15) is 5.11 Å². The van der Waals surface area contributed by atoms with Crippen molar-refractivity contribution in [3.8, 4) is 0 Å². The van der Waals surface area contributed by atoms with Crippen molar-refractivity contribution >= 4 is 0 Å².